The summed E-state index contributed by atoms with van der Waals surface area (Å²) in [6.07, 6.45) is 1.87. The minimum absolute atomic E-state index is 0.590. The van der Waals surface area contributed by atoms with Crippen LogP contribution >= 0.6 is 0 Å². The van der Waals surface area contributed by atoms with Gasteiger partial charge in [0.1, 0.15) is 5.58 Å². The van der Waals surface area contributed by atoms with E-state index in [1.807, 2.05) is 18.4 Å². The van der Waals surface area contributed by atoms with Crippen LogP contribution in [0.4, 0.5) is 0 Å². The Balaban J connectivity index is 1.57. The molecule has 1 saturated heterocycles. The summed E-state index contributed by atoms with van der Waals surface area (Å²) >= 11 is 0. The second-order valence-corrected chi connectivity index (χ2v) is 5.78. The molecule has 1 N–H and O–H groups in total. The smallest absolute Gasteiger partial charge is 0.134 e. The topological polar surface area (TPSA) is 31.6 Å². The van der Waals surface area contributed by atoms with Crippen LogP contribution in [0.15, 0.2) is 34.9 Å². The van der Waals surface area contributed by atoms with E-state index in [2.05, 4.69) is 41.3 Å². The first-order valence-electron chi connectivity index (χ1n) is 7.28. The van der Waals surface area contributed by atoms with Crippen LogP contribution in [0.3, 0.4) is 0 Å². The predicted molar refractivity (Wildman–Crippen MR) is 81.8 cm³/mol. The highest BCUT2D eigenvalue weighted by atomic mass is 16.3. The number of benzene rings is 1. The zero-order chi connectivity index (χ0) is 13.9. The van der Waals surface area contributed by atoms with Gasteiger partial charge in [0.15, 0.2) is 0 Å². The third-order valence-corrected chi connectivity index (χ3v) is 4.24. The van der Waals surface area contributed by atoms with Gasteiger partial charge in [-0.2, -0.15) is 0 Å². The number of para-hydroxylation sites is 1. The molecule has 2 heterocycles. The summed E-state index contributed by atoms with van der Waals surface area (Å²) < 4.78 is 5.57. The van der Waals surface area contributed by atoms with Crippen molar-refractivity contribution in [1.82, 2.24) is 15.1 Å². The summed E-state index contributed by atoms with van der Waals surface area (Å²) in [5.41, 5.74) is 2.21. The van der Waals surface area contributed by atoms with E-state index in [9.17, 15) is 0 Å². The van der Waals surface area contributed by atoms with Crippen molar-refractivity contribution in [3.05, 3.63) is 36.1 Å². The van der Waals surface area contributed by atoms with Gasteiger partial charge in [0, 0.05) is 49.7 Å². The number of likely N-dealkylation sites (N-methyl/N-ethyl adjacent to an activating group) is 2. The Hall–Kier alpha value is -1.36. The molecule has 1 atom stereocenters. The third-order valence-electron chi connectivity index (χ3n) is 4.24. The Labute approximate surface area is 120 Å². The van der Waals surface area contributed by atoms with Crippen LogP contribution in [-0.2, 0) is 6.54 Å². The molecule has 1 aromatic heterocycles. The molecule has 1 unspecified atom stereocenters. The molecule has 3 rings (SSSR count). The van der Waals surface area contributed by atoms with Gasteiger partial charge in [-0.15, -0.1) is 0 Å². The number of piperazine rings is 1. The fourth-order valence-electron chi connectivity index (χ4n) is 2.86. The lowest BCUT2D eigenvalue weighted by Crippen LogP contribution is -2.53. The van der Waals surface area contributed by atoms with Crippen molar-refractivity contribution in [3.63, 3.8) is 0 Å². The lowest BCUT2D eigenvalue weighted by atomic mass is 10.1. The first-order valence-corrected chi connectivity index (χ1v) is 7.28. The maximum absolute atomic E-state index is 5.57. The first kappa shape index (κ1) is 13.6. The fraction of sp³-hybridized carbons (Fsp3) is 0.500. The third kappa shape index (κ3) is 2.87. The molecule has 1 aliphatic rings. The zero-order valence-electron chi connectivity index (χ0n) is 12.3. The Kier molecular flexibility index (Phi) is 4.05. The second kappa shape index (κ2) is 5.95. The number of nitrogens with zero attached hydrogens (tertiary/aromatic N) is 2. The largest absolute Gasteiger partial charge is 0.464 e. The average Bonchev–Trinajstić information content (AvgIpc) is 2.86. The van der Waals surface area contributed by atoms with Gasteiger partial charge >= 0.3 is 0 Å². The molecule has 0 spiro atoms. The molecule has 0 bridgehead atoms. The highest BCUT2D eigenvalue weighted by Gasteiger charge is 2.21. The molecule has 1 aliphatic heterocycles. The van der Waals surface area contributed by atoms with E-state index in [-0.39, 0.29) is 0 Å². The SMILES string of the molecule is CN1CCN(C)C(CNCc2coc3ccccc23)C1. The van der Waals surface area contributed by atoms with Crippen molar-refractivity contribution in [3.8, 4) is 0 Å². The molecular weight excluding hydrogens is 250 g/mol. The normalized spacial score (nSPS) is 21.6. The second-order valence-electron chi connectivity index (χ2n) is 5.78. The summed E-state index contributed by atoms with van der Waals surface area (Å²) in [7, 11) is 4.41. The van der Waals surface area contributed by atoms with Gasteiger partial charge in [-0.3, -0.25) is 4.90 Å². The Morgan fingerprint density at radius 2 is 2.10 bits per heavy atom. The molecule has 4 nitrogen and oxygen atoms in total. The van der Waals surface area contributed by atoms with E-state index < -0.39 is 0 Å². The number of rotatable bonds is 4. The summed E-state index contributed by atoms with van der Waals surface area (Å²) in [6.45, 7) is 5.33. The molecule has 1 fully saturated rings. The van der Waals surface area contributed by atoms with Crippen molar-refractivity contribution in [1.29, 1.82) is 0 Å². The van der Waals surface area contributed by atoms with Gasteiger partial charge in [0.25, 0.3) is 0 Å². The summed E-state index contributed by atoms with van der Waals surface area (Å²) in [4.78, 5) is 4.85. The average molecular weight is 273 g/mol. The maximum atomic E-state index is 5.57. The predicted octanol–water partition coefficient (Wildman–Crippen LogP) is 1.77. The standard InChI is InChI=1S/C16H23N3O/c1-18-7-8-19(2)14(11-18)10-17-9-13-12-20-16-6-4-3-5-15(13)16/h3-6,12,14,17H,7-11H2,1-2H3. The Morgan fingerprint density at radius 1 is 1.25 bits per heavy atom. The quantitative estimate of drug-likeness (QED) is 0.920. The molecule has 0 radical (unpaired) electrons. The van der Waals surface area contributed by atoms with Crippen molar-refractivity contribution in [2.45, 2.75) is 12.6 Å². The van der Waals surface area contributed by atoms with Crippen LogP contribution in [0.5, 0.6) is 0 Å². The van der Waals surface area contributed by atoms with Crippen molar-refractivity contribution >= 4 is 11.0 Å². The molecule has 108 valence electrons. The summed E-state index contributed by atoms with van der Waals surface area (Å²) in [5.74, 6) is 0. The van der Waals surface area contributed by atoms with Gasteiger partial charge in [-0.1, -0.05) is 18.2 Å². The molecule has 0 amide bonds. The van der Waals surface area contributed by atoms with Gasteiger partial charge in [0.2, 0.25) is 0 Å². The summed E-state index contributed by atoms with van der Waals surface area (Å²) in [5, 5.41) is 4.79. The Morgan fingerprint density at radius 3 is 3.00 bits per heavy atom. The number of furan rings is 1. The van der Waals surface area contributed by atoms with E-state index in [0.717, 1.165) is 31.8 Å². The lowest BCUT2D eigenvalue weighted by Gasteiger charge is -2.37. The van der Waals surface area contributed by atoms with Crippen molar-refractivity contribution in [2.24, 2.45) is 0 Å². The van der Waals surface area contributed by atoms with E-state index in [1.54, 1.807) is 0 Å². The molecule has 1 aromatic carbocycles. The van der Waals surface area contributed by atoms with Gasteiger partial charge in [-0.25, -0.2) is 0 Å². The van der Waals surface area contributed by atoms with E-state index in [0.29, 0.717) is 6.04 Å². The number of hydrogen-bond donors (Lipinski definition) is 1. The lowest BCUT2D eigenvalue weighted by molar-refractivity contribution is 0.113. The molecule has 0 aliphatic carbocycles. The van der Waals surface area contributed by atoms with Crippen LogP contribution in [0.1, 0.15) is 5.56 Å². The monoisotopic (exact) mass is 273 g/mol. The fourth-order valence-corrected chi connectivity index (χ4v) is 2.86. The number of hydrogen-bond acceptors (Lipinski definition) is 4. The van der Waals surface area contributed by atoms with Crippen LogP contribution in [-0.4, -0.2) is 56.1 Å². The van der Waals surface area contributed by atoms with Crippen LogP contribution in [0, 0.1) is 0 Å². The first-order chi connectivity index (χ1) is 9.74. The van der Waals surface area contributed by atoms with Crippen LogP contribution < -0.4 is 5.32 Å². The molecular formula is C16H23N3O. The number of nitrogens with one attached hydrogen (secondary N) is 1. The van der Waals surface area contributed by atoms with E-state index >= 15 is 0 Å². The van der Waals surface area contributed by atoms with Gasteiger partial charge in [0.05, 0.1) is 6.26 Å². The van der Waals surface area contributed by atoms with E-state index in [1.165, 1.54) is 17.5 Å². The van der Waals surface area contributed by atoms with Crippen LogP contribution in [0.25, 0.3) is 11.0 Å². The van der Waals surface area contributed by atoms with Crippen molar-refractivity contribution in [2.75, 3.05) is 40.3 Å². The highest BCUT2D eigenvalue weighted by molar-refractivity contribution is 5.80. The molecule has 4 heteroatoms. The number of fused-ring (bicyclic) bond motifs is 1. The maximum Gasteiger partial charge on any atom is 0.134 e. The van der Waals surface area contributed by atoms with Crippen LogP contribution in [0.2, 0.25) is 0 Å². The Bertz CT molecular complexity index is 566. The molecule has 0 saturated carbocycles. The van der Waals surface area contributed by atoms with Crippen molar-refractivity contribution < 1.29 is 4.42 Å². The highest BCUT2D eigenvalue weighted by Crippen LogP contribution is 2.20. The van der Waals surface area contributed by atoms with Gasteiger partial charge in [-0.05, 0) is 20.2 Å². The van der Waals surface area contributed by atoms with E-state index in [4.69, 9.17) is 4.42 Å². The molecule has 2 aromatic rings. The zero-order valence-corrected chi connectivity index (χ0v) is 12.3. The minimum Gasteiger partial charge on any atom is -0.464 e. The minimum atomic E-state index is 0.590. The summed E-state index contributed by atoms with van der Waals surface area (Å²) in [6, 6.07) is 8.80. The van der Waals surface area contributed by atoms with Gasteiger partial charge < -0.3 is 14.6 Å². The molecule has 20 heavy (non-hydrogen) atoms.